The summed E-state index contributed by atoms with van der Waals surface area (Å²) in [6.07, 6.45) is 1.04. The smallest absolute Gasteiger partial charge is 0.299 e. The highest BCUT2D eigenvalue weighted by Gasteiger charge is 2.12. The number of nitrogens with one attached hydrogen (secondary N) is 1. The first-order valence-corrected chi connectivity index (χ1v) is 4.64. The van der Waals surface area contributed by atoms with Crippen LogP contribution in [0.4, 0.5) is 0 Å². The topological polar surface area (TPSA) is 38.3 Å². The van der Waals surface area contributed by atoms with E-state index in [0.717, 1.165) is 19.5 Å². The van der Waals surface area contributed by atoms with E-state index in [0.29, 0.717) is 11.5 Å². The third-order valence-corrected chi connectivity index (χ3v) is 3.01. The zero-order chi connectivity index (χ0) is 8.39. The fourth-order valence-corrected chi connectivity index (χ4v) is 2.33. The standard InChI is InChI=1S/C8H9NO2S/c10-5-11-8-3-6-4-9-2-1-7(6)12-8/h3,5,9H,1-2,4H2. The van der Waals surface area contributed by atoms with Crippen LogP contribution < -0.4 is 10.1 Å². The minimum atomic E-state index is 0.477. The van der Waals surface area contributed by atoms with E-state index in [-0.39, 0.29) is 0 Å². The van der Waals surface area contributed by atoms with E-state index in [1.807, 2.05) is 6.07 Å². The molecule has 1 aromatic heterocycles. The Balaban J connectivity index is 2.25. The number of carbonyl (C=O) groups is 1. The van der Waals surface area contributed by atoms with Crippen LogP contribution in [0.1, 0.15) is 10.4 Å². The van der Waals surface area contributed by atoms with E-state index in [9.17, 15) is 4.79 Å². The van der Waals surface area contributed by atoms with Gasteiger partial charge in [-0.3, -0.25) is 4.79 Å². The Labute approximate surface area is 74.4 Å². The zero-order valence-electron chi connectivity index (χ0n) is 6.50. The maximum atomic E-state index is 10.1. The Bertz CT molecular complexity index is 272. The molecule has 2 heterocycles. The molecule has 0 saturated carbocycles. The molecular formula is C8H9NO2S. The van der Waals surface area contributed by atoms with Crippen LogP contribution in [0.25, 0.3) is 0 Å². The van der Waals surface area contributed by atoms with Crippen LogP contribution in [0.15, 0.2) is 6.07 Å². The van der Waals surface area contributed by atoms with E-state index in [2.05, 4.69) is 5.32 Å². The van der Waals surface area contributed by atoms with E-state index < -0.39 is 0 Å². The molecule has 0 atom stereocenters. The molecule has 1 aliphatic heterocycles. The lowest BCUT2D eigenvalue weighted by molar-refractivity contribution is -0.120. The number of fused-ring (bicyclic) bond motifs is 1. The van der Waals surface area contributed by atoms with Crippen molar-refractivity contribution in [2.75, 3.05) is 6.54 Å². The molecular weight excluding hydrogens is 174 g/mol. The molecule has 0 aromatic carbocycles. The van der Waals surface area contributed by atoms with Gasteiger partial charge < -0.3 is 10.1 Å². The molecule has 12 heavy (non-hydrogen) atoms. The van der Waals surface area contributed by atoms with Crippen molar-refractivity contribution in [3.63, 3.8) is 0 Å². The fraction of sp³-hybridized carbons (Fsp3) is 0.375. The lowest BCUT2D eigenvalue weighted by atomic mass is 10.1. The summed E-state index contributed by atoms with van der Waals surface area (Å²) in [6.45, 7) is 2.40. The largest absolute Gasteiger partial charge is 0.418 e. The predicted molar refractivity (Wildman–Crippen MR) is 46.4 cm³/mol. The lowest BCUT2D eigenvalue weighted by Crippen LogP contribution is -2.21. The van der Waals surface area contributed by atoms with Gasteiger partial charge in [-0.1, -0.05) is 0 Å². The quantitative estimate of drug-likeness (QED) is 0.693. The van der Waals surface area contributed by atoms with Gasteiger partial charge in [-0.15, -0.1) is 11.3 Å². The van der Waals surface area contributed by atoms with E-state index in [4.69, 9.17) is 4.74 Å². The van der Waals surface area contributed by atoms with Gasteiger partial charge in [-0.2, -0.15) is 0 Å². The van der Waals surface area contributed by atoms with Crippen LogP contribution in [0.2, 0.25) is 0 Å². The summed E-state index contributed by atoms with van der Waals surface area (Å²) in [4.78, 5) is 11.4. The number of hydrogen-bond donors (Lipinski definition) is 1. The van der Waals surface area contributed by atoms with Gasteiger partial charge in [0.25, 0.3) is 6.47 Å². The van der Waals surface area contributed by atoms with Crippen molar-refractivity contribution in [1.29, 1.82) is 0 Å². The molecule has 64 valence electrons. The third-order valence-electron chi connectivity index (χ3n) is 1.88. The Hall–Kier alpha value is -0.870. The first-order valence-electron chi connectivity index (χ1n) is 3.83. The zero-order valence-corrected chi connectivity index (χ0v) is 7.32. The van der Waals surface area contributed by atoms with E-state index in [1.165, 1.54) is 10.4 Å². The number of carbonyl (C=O) groups excluding carboxylic acids is 1. The monoisotopic (exact) mass is 183 g/mol. The molecule has 1 aromatic rings. The molecule has 3 nitrogen and oxygen atoms in total. The van der Waals surface area contributed by atoms with Gasteiger partial charge in [0.1, 0.15) is 0 Å². The molecule has 1 aliphatic rings. The summed E-state index contributed by atoms with van der Waals surface area (Å²) in [5.74, 6) is 0. The van der Waals surface area contributed by atoms with E-state index in [1.54, 1.807) is 11.3 Å². The minimum Gasteiger partial charge on any atom is -0.418 e. The number of ether oxygens (including phenoxy) is 1. The summed E-state index contributed by atoms with van der Waals surface area (Å²) in [5, 5.41) is 3.97. The average Bonchev–Trinajstić information content (AvgIpc) is 2.47. The fourth-order valence-electron chi connectivity index (χ4n) is 1.33. The Kier molecular flexibility index (Phi) is 2.10. The maximum Gasteiger partial charge on any atom is 0.299 e. The number of thiophene rings is 1. The molecule has 2 rings (SSSR count). The van der Waals surface area contributed by atoms with Gasteiger partial charge in [0.15, 0.2) is 5.06 Å². The summed E-state index contributed by atoms with van der Waals surface area (Å²) < 4.78 is 4.77. The van der Waals surface area contributed by atoms with Crippen LogP contribution >= 0.6 is 11.3 Å². The molecule has 0 bridgehead atoms. The van der Waals surface area contributed by atoms with Crippen molar-refractivity contribution in [3.8, 4) is 5.06 Å². The molecule has 0 aliphatic carbocycles. The minimum absolute atomic E-state index is 0.477. The molecule has 0 unspecified atom stereocenters. The summed E-state index contributed by atoms with van der Waals surface area (Å²) in [6, 6.07) is 1.93. The van der Waals surface area contributed by atoms with Gasteiger partial charge in [-0.25, -0.2) is 0 Å². The molecule has 0 amide bonds. The second-order valence-corrected chi connectivity index (χ2v) is 3.75. The van der Waals surface area contributed by atoms with Gasteiger partial charge in [-0.05, 0) is 18.1 Å². The van der Waals surface area contributed by atoms with Crippen molar-refractivity contribution in [1.82, 2.24) is 5.32 Å². The van der Waals surface area contributed by atoms with Crippen molar-refractivity contribution in [2.24, 2.45) is 0 Å². The highest BCUT2D eigenvalue weighted by atomic mass is 32.1. The molecule has 0 fully saturated rings. The first kappa shape index (κ1) is 7.76. The van der Waals surface area contributed by atoms with Crippen molar-refractivity contribution < 1.29 is 9.53 Å². The first-order chi connectivity index (χ1) is 5.90. The second kappa shape index (κ2) is 3.25. The maximum absolute atomic E-state index is 10.1. The normalized spacial score (nSPS) is 15.3. The van der Waals surface area contributed by atoms with Crippen LogP contribution in [-0.4, -0.2) is 13.0 Å². The van der Waals surface area contributed by atoms with Crippen LogP contribution in [0.5, 0.6) is 5.06 Å². The lowest BCUT2D eigenvalue weighted by Gasteiger charge is -2.10. The highest BCUT2D eigenvalue weighted by Crippen LogP contribution is 2.30. The number of rotatable bonds is 2. The van der Waals surface area contributed by atoms with Gasteiger partial charge >= 0.3 is 0 Å². The van der Waals surface area contributed by atoms with Crippen LogP contribution in [0.3, 0.4) is 0 Å². The summed E-state index contributed by atoms with van der Waals surface area (Å²) in [5.41, 5.74) is 1.27. The summed E-state index contributed by atoms with van der Waals surface area (Å²) >= 11 is 1.57. The van der Waals surface area contributed by atoms with Crippen molar-refractivity contribution in [3.05, 3.63) is 16.5 Å². The van der Waals surface area contributed by atoms with Crippen molar-refractivity contribution in [2.45, 2.75) is 13.0 Å². The summed E-state index contributed by atoms with van der Waals surface area (Å²) in [7, 11) is 0. The van der Waals surface area contributed by atoms with E-state index >= 15 is 0 Å². The third kappa shape index (κ3) is 1.35. The van der Waals surface area contributed by atoms with Crippen molar-refractivity contribution >= 4 is 17.8 Å². The molecule has 4 heteroatoms. The Morgan fingerprint density at radius 2 is 2.58 bits per heavy atom. The average molecular weight is 183 g/mol. The second-order valence-electron chi connectivity index (χ2n) is 2.65. The molecule has 0 spiro atoms. The Morgan fingerprint density at radius 1 is 1.67 bits per heavy atom. The molecule has 0 radical (unpaired) electrons. The molecule has 1 N–H and O–H groups in total. The number of hydrogen-bond acceptors (Lipinski definition) is 4. The predicted octanol–water partition coefficient (Wildman–Crippen LogP) is 0.929. The van der Waals surface area contributed by atoms with Crippen LogP contribution in [-0.2, 0) is 17.8 Å². The van der Waals surface area contributed by atoms with Gasteiger partial charge in [0.2, 0.25) is 0 Å². The molecule has 0 saturated heterocycles. The van der Waals surface area contributed by atoms with Crippen LogP contribution in [0, 0.1) is 0 Å². The Morgan fingerprint density at radius 3 is 3.33 bits per heavy atom. The highest BCUT2D eigenvalue weighted by molar-refractivity contribution is 7.14. The van der Waals surface area contributed by atoms with Gasteiger partial charge in [0.05, 0.1) is 0 Å². The SMILES string of the molecule is O=COc1cc2c(s1)CCNC2. The van der Waals surface area contributed by atoms with Gasteiger partial charge in [0, 0.05) is 18.0 Å².